The number of benzene rings is 1. The Hall–Kier alpha value is -1.85. The van der Waals surface area contributed by atoms with Crippen LogP contribution < -0.4 is 4.74 Å². The van der Waals surface area contributed by atoms with E-state index in [1.54, 1.807) is 7.11 Å². The van der Waals surface area contributed by atoms with Gasteiger partial charge < -0.3 is 14.5 Å². The summed E-state index contributed by atoms with van der Waals surface area (Å²) in [5.41, 5.74) is 2.16. The van der Waals surface area contributed by atoms with Crippen molar-refractivity contribution in [2.75, 3.05) is 33.4 Å². The number of morpholine rings is 1. The van der Waals surface area contributed by atoms with E-state index in [-0.39, 0.29) is 6.04 Å². The molecule has 1 N–H and O–H groups in total. The average Bonchev–Trinajstić information content (AvgIpc) is 3.28. The zero-order valence-corrected chi connectivity index (χ0v) is 13.5. The molecular formula is C18H23N3O2. The minimum atomic E-state index is 0.247. The molecule has 1 aromatic carbocycles. The van der Waals surface area contributed by atoms with Crippen LogP contribution >= 0.6 is 0 Å². The van der Waals surface area contributed by atoms with Crippen molar-refractivity contribution in [2.45, 2.75) is 18.9 Å². The lowest BCUT2D eigenvalue weighted by Crippen LogP contribution is -2.41. The van der Waals surface area contributed by atoms with Gasteiger partial charge in [0.1, 0.15) is 11.6 Å². The molecule has 23 heavy (non-hydrogen) atoms. The summed E-state index contributed by atoms with van der Waals surface area (Å²) in [6.07, 6.45) is 4.67. The molecule has 1 saturated carbocycles. The van der Waals surface area contributed by atoms with Gasteiger partial charge >= 0.3 is 0 Å². The number of ether oxygens (including phenoxy) is 2. The summed E-state index contributed by atoms with van der Waals surface area (Å²) >= 11 is 0. The molecule has 1 atom stereocenters. The van der Waals surface area contributed by atoms with Crippen molar-refractivity contribution in [3.8, 4) is 17.0 Å². The summed E-state index contributed by atoms with van der Waals surface area (Å²) in [5.74, 6) is 2.76. The number of rotatable bonds is 5. The Morgan fingerprint density at radius 1 is 1.30 bits per heavy atom. The molecule has 2 aliphatic rings. The maximum atomic E-state index is 5.70. The van der Waals surface area contributed by atoms with E-state index in [9.17, 15) is 0 Å². The van der Waals surface area contributed by atoms with Crippen molar-refractivity contribution < 1.29 is 9.47 Å². The fourth-order valence-electron chi connectivity index (χ4n) is 3.16. The van der Waals surface area contributed by atoms with Crippen LogP contribution in [0.5, 0.6) is 5.75 Å². The lowest BCUT2D eigenvalue weighted by Gasteiger charge is -2.34. The highest BCUT2D eigenvalue weighted by Gasteiger charge is 2.32. The topological polar surface area (TPSA) is 50.4 Å². The molecule has 4 rings (SSSR count). The fourth-order valence-corrected chi connectivity index (χ4v) is 3.16. The molecule has 2 fully saturated rings. The molecular weight excluding hydrogens is 290 g/mol. The molecule has 0 radical (unpaired) electrons. The number of methoxy groups -OCH3 is 1. The molecule has 1 saturated heterocycles. The lowest BCUT2D eigenvalue weighted by molar-refractivity contribution is -0.0134. The smallest absolute Gasteiger partial charge is 0.126 e. The van der Waals surface area contributed by atoms with Crippen LogP contribution in [0.4, 0.5) is 0 Å². The number of H-pyrrole nitrogens is 1. The van der Waals surface area contributed by atoms with Gasteiger partial charge in [-0.2, -0.15) is 0 Å². The summed E-state index contributed by atoms with van der Waals surface area (Å²) in [6.45, 7) is 3.73. The van der Waals surface area contributed by atoms with E-state index in [1.807, 2.05) is 18.3 Å². The van der Waals surface area contributed by atoms with Crippen LogP contribution in [-0.2, 0) is 4.74 Å². The largest absolute Gasteiger partial charge is 0.497 e. The summed E-state index contributed by atoms with van der Waals surface area (Å²) in [6, 6.07) is 8.29. The van der Waals surface area contributed by atoms with E-state index < -0.39 is 0 Å². The Bertz CT molecular complexity index is 649. The lowest BCUT2D eigenvalue weighted by atomic mass is 10.1. The highest BCUT2D eigenvalue weighted by Crippen LogP contribution is 2.33. The van der Waals surface area contributed by atoms with E-state index in [4.69, 9.17) is 9.47 Å². The number of nitrogens with one attached hydrogen (secondary N) is 1. The van der Waals surface area contributed by atoms with Crippen molar-refractivity contribution >= 4 is 0 Å². The van der Waals surface area contributed by atoms with Gasteiger partial charge in [-0.1, -0.05) is 0 Å². The normalized spacial score (nSPS) is 22.2. The van der Waals surface area contributed by atoms with Crippen molar-refractivity contribution in [2.24, 2.45) is 5.92 Å². The van der Waals surface area contributed by atoms with Crippen molar-refractivity contribution in [3.05, 3.63) is 36.3 Å². The Labute approximate surface area is 136 Å². The van der Waals surface area contributed by atoms with Gasteiger partial charge in [0.15, 0.2) is 0 Å². The number of hydrogen-bond acceptors (Lipinski definition) is 4. The van der Waals surface area contributed by atoms with Gasteiger partial charge in [0.2, 0.25) is 0 Å². The Morgan fingerprint density at radius 3 is 2.87 bits per heavy atom. The third kappa shape index (κ3) is 3.26. The molecule has 1 aliphatic carbocycles. The van der Waals surface area contributed by atoms with Gasteiger partial charge in [-0.05, 0) is 48.6 Å². The second-order valence-corrected chi connectivity index (χ2v) is 6.44. The third-order valence-corrected chi connectivity index (χ3v) is 4.74. The zero-order valence-electron chi connectivity index (χ0n) is 13.5. The number of aromatic amines is 1. The van der Waals surface area contributed by atoms with Gasteiger partial charge in [0, 0.05) is 13.1 Å². The number of hydrogen-bond donors (Lipinski definition) is 1. The van der Waals surface area contributed by atoms with Crippen LogP contribution in [0, 0.1) is 5.92 Å². The molecule has 1 aliphatic heterocycles. The Kier molecular flexibility index (Phi) is 4.06. The molecule has 0 spiro atoms. The van der Waals surface area contributed by atoms with Crippen molar-refractivity contribution in [1.82, 2.24) is 14.9 Å². The minimum absolute atomic E-state index is 0.247. The van der Waals surface area contributed by atoms with Gasteiger partial charge in [-0.25, -0.2) is 4.98 Å². The first kappa shape index (κ1) is 14.7. The Morgan fingerprint density at radius 2 is 2.13 bits per heavy atom. The number of imidazole rings is 1. The molecule has 1 aromatic heterocycles. The molecule has 0 amide bonds. The maximum Gasteiger partial charge on any atom is 0.126 e. The summed E-state index contributed by atoms with van der Waals surface area (Å²) in [4.78, 5) is 10.6. The molecule has 2 aromatic rings. The molecule has 5 nitrogen and oxygen atoms in total. The Balaban J connectivity index is 1.53. The van der Waals surface area contributed by atoms with Gasteiger partial charge in [0.05, 0.1) is 38.3 Å². The predicted molar refractivity (Wildman–Crippen MR) is 88.4 cm³/mol. The van der Waals surface area contributed by atoms with Crippen molar-refractivity contribution in [1.29, 1.82) is 0 Å². The fraction of sp³-hybridized carbons (Fsp3) is 0.500. The van der Waals surface area contributed by atoms with Gasteiger partial charge in [-0.15, -0.1) is 0 Å². The van der Waals surface area contributed by atoms with Crippen LogP contribution in [0.3, 0.4) is 0 Å². The van der Waals surface area contributed by atoms with E-state index in [2.05, 4.69) is 27.0 Å². The zero-order chi connectivity index (χ0) is 15.6. The summed E-state index contributed by atoms with van der Waals surface area (Å²) in [5, 5.41) is 0. The van der Waals surface area contributed by atoms with Crippen LogP contribution in [0.2, 0.25) is 0 Å². The van der Waals surface area contributed by atoms with Crippen LogP contribution in [0.15, 0.2) is 30.5 Å². The number of nitrogens with zero attached hydrogens (tertiary/aromatic N) is 2. The highest BCUT2D eigenvalue weighted by molar-refractivity contribution is 5.59. The first-order valence-electron chi connectivity index (χ1n) is 8.34. The first-order chi connectivity index (χ1) is 11.3. The highest BCUT2D eigenvalue weighted by atomic mass is 16.5. The molecule has 122 valence electrons. The van der Waals surface area contributed by atoms with Crippen LogP contribution in [0.25, 0.3) is 11.3 Å². The summed E-state index contributed by atoms with van der Waals surface area (Å²) < 4.78 is 10.9. The van der Waals surface area contributed by atoms with E-state index in [0.29, 0.717) is 0 Å². The molecule has 2 heterocycles. The third-order valence-electron chi connectivity index (χ3n) is 4.74. The van der Waals surface area contributed by atoms with Crippen LogP contribution in [-0.4, -0.2) is 48.3 Å². The average molecular weight is 313 g/mol. The van der Waals surface area contributed by atoms with Gasteiger partial charge in [0.25, 0.3) is 0 Å². The van der Waals surface area contributed by atoms with E-state index >= 15 is 0 Å². The first-order valence-corrected chi connectivity index (χ1v) is 8.34. The molecule has 0 bridgehead atoms. The predicted octanol–water partition coefficient (Wildman–Crippen LogP) is 2.87. The quantitative estimate of drug-likeness (QED) is 0.922. The SMILES string of the molecule is COc1ccc(-c2cnc(C3COCCN3CC3CC3)[nH]2)cc1. The van der Waals surface area contributed by atoms with Crippen LogP contribution in [0.1, 0.15) is 24.7 Å². The molecule has 1 unspecified atom stereocenters. The maximum absolute atomic E-state index is 5.70. The van der Waals surface area contributed by atoms with Crippen molar-refractivity contribution in [3.63, 3.8) is 0 Å². The van der Waals surface area contributed by atoms with Gasteiger partial charge in [-0.3, -0.25) is 4.90 Å². The van der Waals surface area contributed by atoms with E-state index in [1.165, 1.54) is 19.4 Å². The second-order valence-electron chi connectivity index (χ2n) is 6.44. The van der Waals surface area contributed by atoms with E-state index in [0.717, 1.165) is 48.5 Å². The molecule has 5 heteroatoms. The minimum Gasteiger partial charge on any atom is -0.497 e. The summed E-state index contributed by atoms with van der Waals surface area (Å²) in [7, 11) is 1.68. The number of aromatic nitrogens is 2. The monoisotopic (exact) mass is 313 g/mol. The standard InChI is InChI=1S/C18H23N3O2/c1-22-15-6-4-14(5-7-15)16-10-19-18(20-16)17-12-23-9-8-21(17)11-13-2-3-13/h4-7,10,13,17H,2-3,8-9,11-12H2,1H3,(H,19,20). The second kappa shape index (κ2) is 6.34.